The zero-order valence-electron chi connectivity index (χ0n) is 12.1. The topological polar surface area (TPSA) is 29.5 Å². The summed E-state index contributed by atoms with van der Waals surface area (Å²) in [5.41, 5.74) is 1.07. The summed E-state index contributed by atoms with van der Waals surface area (Å²) in [5.74, 6) is -0.135. The normalized spacial score (nSPS) is 20.2. The van der Waals surface area contributed by atoms with E-state index in [1.165, 1.54) is 0 Å². The average Bonchev–Trinajstić information content (AvgIpc) is 2.71. The molecule has 1 fully saturated rings. The number of hydrogen-bond acceptors (Lipinski definition) is 3. The van der Waals surface area contributed by atoms with Gasteiger partial charge >= 0.3 is 5.97 Å². The van der Waals surface area contributed by atoms with Crippen molar-refractivity contribution in [2.75, 3.05) is 13.2 Å². The Morgan fingerprint density at radius 2 is 2.05 bits per heavy atom. The maximum Gasteiger partial charge on any atom is 0.328 e. The van der Waals surface area contributed by atoms with Crippen molar-refractivity contribution in [1.29, 1.82) is 0 Å². The molecule has 1 aromatic rings. The van der Waals surface area contributed by atoms with Gasteiger partial charge in [0.25, 0.3) is 0 Å². The Kier molecular flexibility index (Phi) is 4.25. The zero-order chi connectivity index (χ0) is 13.9. The van der Waals surface area contributed by atoms with Crippen LogP contribution in [0, 0.1) is 0 Å². The number of nitrogens with zero attached hydrogens (tertiary/aromatic N) is 1. The second-order valence-electron chi connectivity index (χ2n) is 5.67. The molecule has 1 atom stereocenters. The summed E-state index contributed by atoms with van der Waals surface area (Å²) in [6.07, 6.45) is 2.26. The average molecular weight is 261 g/mol. The number of carbonyl (C=O) groups excluding carboxylic acids is 1. The number of carbonyl (C=O) groups is 1. The van der Waals surface area contributed by atoms with Gasteiger partial charge in [-0.15, -0.1) is 0 Å². The molecule has 1 saturated heterocycles. The molecule has 104 valence electrons. The van der Waals surface area contributed by atoms with Gasteiger partial charge in [-0.3, -0.25) is 4.90 Å². The number of benzene rings is 1. The van der Waals surface area contributed by atoms with E-state index in [1.807, 2.05) is 37.3 Å². The Labute approximate surface area is 115 Å². The lowest BCUT2D eigenvalue weighted by Crippen LogP contribution is -2.44. The van der Waals surface area contributed by atoms with Gasteiger partial charge in [-0.1, -0.05) is 30.3 Å². The molecule has 2 rings (SSSR count). The minimum atomic E-state index is -0.279. The first kappa shape index (κ1) is 14.1. The van der Waals surface area contributed by atoms with Gasteiger partial charge in [0.2, 0.25) is 0 Å². The van der Waals surface area contributed by atoms with Gasteiger partial charge < -0.3 is 4.74 Å². The molecule has 0 aromatic heterocycles. The van der Waals surface area contributed by atoms with Crippen LogP contribution in [0.5, 0.6) is 0 Å². The molecule has 0 bridgehead atoms. The summed E-state index contributed by atoms with van der Waals surface area (Å²) >= 11 is 0. The molecule has 0 saturated carbocycles. The molecule has 1 aromatic carbocycles. The highest BCUT2D eigenvalue weighted by molar-refractivity contribution is 5.77. The van der Waals surface area contributed by atoms with Gasteiger partial charge in [-0.05, 0) is 45.7 Å². The van der Waals surface area contributed by atoms with Crippen molar-refractivity contribution in [2.24, 2.45) is 0 Å². The Morgan fingerprint density at radius 1 is 1.37 bits per heavy atom. The lowest BCUT2D eigenvalue weighted by Gasteiger charge is -2.37. The van der Waals surface area contributed by atoms with Crippen LogP contribution in [-0.4, -0.2) is 29.6 Å². The minimum absolute atomic E-state index is 0.0489. The van der Waals surface area contributed by atoms with E-state index in [9.17, 15) is 4.79 Å². The number of rotatable bonds is 4. The summed E-state index contributed by atoms with van der Waals surface area (Å²) in [6, 6.07) is 9.67. The Balaban J connectivity index is 2.32. The van der Waals surface area contributed by atoms with Crippen molar-refractivity contribution in [3.05, 3.63) is 35.9 Å². The van der Waals surface area contributed by atoms with Crippen LogP contribution in [-0.2, 0) is 9.53 Å². The fourth-order valence-corrected chi connectivity index (χ4v) is 2.91. The molecule has 1 aliphatic heterocycles. The molecular weight excluding hydrogens is 238 g/mol. The van der Waals surface area contributed by atoms with E-state index in [0.717, 1.165) is 24.9 Å². The summed E-state index contributed by atoms with van der Waals surface area (Å²) in [6.45, 7) is 7.64. The predicted octanol–water partition coefficient (Wildman–Crippen LogP) is 3.17. The fraction of sp³-hybridized carbons (Fsp3) is 0.562. The second-order valence-corrected chi connectivity index (χ2v) is 5.67. The first-order chi connectivity index (χ1) is 9.06. The molecule has 3 heteroatoms. The molecule has 0 aliphatic carbocycles. The van der Waals surface area contributed by atoms with E-state index in [1.54, 1.807) is 0 Å². The van der Waals surface area contributed by atoms with E-state index >= 15 is 0 Å². The molecule has 0 radical (unpaired) electrons. The number of esters is 1. The molecule has 1 unspecified atom stereocenters. The molecule has 19 heavy (non-hydrogen) atoms. The van der Waals surface area contributed by atoms with Gasteiger partial charge in [0, 0.05) is 5.54 Å². The summed E-state index contributed by atoms with van der Waals surface area (Å²) in [4.78, 5) is 14.6. The highest BCUT2D eigenvalue weighted by Gasteiger charge is 2.41. The molecule has 0 spiro atoms. The van der Waals surface area contributed by atoms with Crippen LogP contribution < -0.4 is 0 Å². The lowest BCUT2D eigenvalue weighted by atomic mass is 9.97. The van der Waals surface area contributed by atoms with Crippen molar-refractivity contribution >= 4 is 5.97 Å². The number of ether oxygens (including phenoxy) is 1. The maximum absolute atomic E-state index is 12.4. The molecular formula is C16H23NO2. The minimum Gasteiger partial charge on any atom is -0.465 e. The SMILES string of the molecule is CCOC(=O)C(c1ccccc1)N1CCCC1(C)C. The highest BCUT2D eigenvalue weighted by Crippen LogP contribution is 2.37. The van der Waals surface area contributed by atoms with Gasteiger partial charge in [0.1, 0.15) is 6.04 Å². The highest BCUT2D eigenvalue weighted by atomic mass is 16.5. The maximum atomic E-state index is 12.4. The third-order valence-corrected chi connectivity index (χ3v) is 3.90. The lowest BCUT2D eigenvalue weighted by molar-refractivity contribution is -0.151. The van der Waals surface area contributed by atoms with Crippen LogP contribution in [0.2, 0.25) is 0 Å². The van der Waals surface area contributed by atoms with Crippen LogP contribution in [0.25, 0.3) is 0 Å². The first-order valence-electron chi connectivity index (χ1n) is 7.04. The standard InChI is InChI=1S/C16H23NO2/c1-4-19-15(18)14(13-9-6-5-7-10-13)17-12-8-11-16(17,2)3/h5-7,9-10,14H,4,8,11-12H2,1-3H3. The smallest absolute Gasteiger partial charge is 0.328 e. The van der Waals surface area contributed by atoms with Crippen LogP contribution in [0.3, 0.4) is 0 Å². The monoisotopic (exact) mass is 261 g/mol. The first-order valence-corrected chi connectivity index (χ1v) is 7.04. The molecule has 0 N–H and O–H groups in total. The third-order valence-electron chi connectivity index (χ3n) is 3.90. The van der Waals surface area contributed by atoms with E-state index < -0.39 is 0 Å². The summed E-state index contributed by atoms with van der Waals surface area (Å²) in [7, 11) is 0. The van der Waals surface area contributed by atoms with Crippen molar-refractivity contribution in [2.45, 2.75) is 45.2 Å². The number of hydrogen-bond donors (Lipinski definition) is 0. The van der Waals surface area contributed by atoms with Crippen molar-refractivity contribution in [3.63, 3.8) is 0 Å². The second kappa shape index (κ2) is 5.74. The molecule has 3 nitrogen and oxygen atoms in total. The van der Waals surface area contributed by atoms with Gasteiger partial charge in [-0.25, -0.2) is 4.79 Å². The summed E-state index contributed by atoms with van der Waals surface area (Å²) in [5, 5.41) is 0. The Bertz CT molecular complexity index is 428. The predicted molar refractivity (Wildman–Crippen MR) is 75.8 cm³/mol. The van der Waals surface area contributed by atoms with Crippen molar-refractivity contribution in [1.82, 2.24) is 4.90 Å². The van der Waals surface area contributed by atoms with E-state index in [-0.39, 0.29) is 17.6 Å². The third kappa shape index (κ3) is 2.98. The van der Waals surface area contributed by atoms with Crippen molar-refractivity contribution in [3.8, 4) is 0 Å². The quantitative estimate of drug-likeness (QED) is 0.780. The van der Waals surface area contributed by atoms with Crippen molar-refractivity contribution < 1.29 is 9.53 Å². The molecule has 1 heterocycles. The Hall–Kier alpha value is -1.35. The fourth-order valence-electron chi connectivity index (χ4n) is 2.91. The van der Waals surface area contributed by atoms with E-state index in [2.05, 4.69) is 18.7 Å². The molecule has 0 amide bonds. The van der Waals surface area contributed by atoms with E-state index in [4.69, 9.17) is 4.74 Å². The van der Waals surface area contributed by atoms with Gasteiger partial charge in [0.15, 0.2) is 0 Å². The van der Waals surface area contributed by atoms with Gasteiger partial charge in [-0.2, -0.15) is 0 Å². The van der Waals surface area contributed by atoms with Crippen LogP contribution in [0.4, 0.5) is 0 Å². The largest absolute Gasteiger partial charge is 0.465 e. The number of likely N-dealkylation sites (tertiary alicyclic amines) is 1. The Morgan fingerprint density at radius 3 is 2.58 bits per heavy atom. The molecule has 1 aliphatic rings. The summed E-state index contributed by atoms with van der Waals surface area (Å²) < 4.78 is 5.28. The van der Waals surface area contributed by atoms with E-state index in [0.29, 0.717) is 6.61 Å². The van der Waals surface area contributed by atoms with Crippen LogP contribution >= 0.6 is 0 Å². The van der Waals surface area contributed by atoms with Crippen LogP contribution in [0.15, 0.2) is 30.3 Å². The zero-order valence-corrected chi connectivity index (χ0v) is 12.1. The van der Waals surface area contributed by atoms with Crippen LogP contribution in [0.1, 0.15) is 45.2 Å². The van der Waals surface area contributed by atoms with Gasteiger partial charge in [0.05, 0.1) is 6.61 Å².